The van der Waals surface area contributed by atoms with Crippen LogP contribution in [-0.2, 0) is 24.2 Å². The lowest BCUT2D eigenvalue weighted by molar-refractivity contribution is 0.0523. The van der Waals surface area contributed by atoms with E-state index >= 15 is 0 Å². The van der Waals surface area contributed by atoms with Crippen molar-refractivity contribution < 1.29 is 9.53 Å². The van der Waals surface area contributed by atoms with Crippen molar-refractivity contribution in [2.45, 2.75) is 84.5 Å². The van der Waals surface area contributed by atoms with E-state index in [1.165, 1.54) is 0 Å². The molecule has 9 heteroatoms. The molecule has 0 spiro atoms. The van der Waals surface area contributed by atoms with Crippen LogP contribution in [0.1, 0.15) is 65.0 Å². The van der Waals surface area contributed by atoms with Crippen LogP contribution >= 0.6 is 0 Å². The van der Waals surface area contributed by atoms with Gasteiger partial charge < -0.3 is 25.3 Å². The minimum atomic E-state index is -0.507. The van der Waals surface area contributed by atoms with Crippen molar-refractivity contribution >= 4 is 12.1 Å². The fourth-order valence-corrected chi connectivity index (χ4v) is 3.09. The number of aliphatic imine (C=N–C) groups is 1. The van der Waals surface area contributed by atoms with E-state index < -0.39 is 11.7 Å². The first kappa shape index (κ1) is 22.0. The Hall–Kier alpha value is -2.32. The van der Waals surface area contributed by atoms with E-state index in [9.17, 15) is 4.79 Å². The Morgan fingerprint density at radius 2 is 2.11 bits per heavy atom. The Labute approximate surface area is 167 Å². The maximum absolute atomic E-state index is 12.0. The van der Waals surface area contributed by atoms with Crippen molar-refractivity contribution in [1.82, 2.24) is 30.7 Å². The van der Waals surface area contributed by atoms with Crippen LogP contribution in [0.4, 0.5) is 4.79 Å². The molecule has 2 rings (SSSR count). The highest BCUT2D eigenvalue weighted by Crippen LogP contribution is 2.13. The Morgan fingerprint density at radius 1 is 1.32 bits per heavy atom. The van der Waals surface area contributed by atoms with Gasteiger partial charge in [0.25, 0.3) is 0 Å². The molecule has 0 radical (unpaired) electrons. The predicted molar refractivity (Wildman–Crippen MR) is 109 cm³/mol. The minimum Gasteiger partial charge on any atom is -0.444 e. The van der Waals surface area contributed by atoms with Gasteiger partial charge in [-0.15, -0.1) is 10.2 Å². The molecule has 1 aromatic heterocycles. The highest BCUT2D eigenvalue weighted by Gasteiger charge is 2.19. The van der Waals surface area contributed by atoms with Crippen LogP contribution in [0, 0.1) is 0 Å². The van der Waals surface area contributed by atoms with Crippen LogP contribution in [-0.4, -0.2) is 52.1 Å². The molecule has 28 heavy (non-hydrogen) atoms. The van der Waals surface area contributed by atoms with Crippen LogP contribution < -0.4 is 16.0 Å². The van der Waals surface area contributed by atoms with Gasteiger partial charge in [0.05, 0.1) is 6.54 Å². The van der Waals surface area contributed by atoms with Gasteiger partial charge in [0, 0.05) is 32.6 Å². The summed E-state index contributed by atoms with van der Waals surface area (Å²) in [6, 6.07) is 0.0581. The first-order chi connectivity index (χ1) is 13.3. The number of aromatic nitrogens is 3. The number of rotatable bonds is 8. The van der Waals surface area contributed by atoms with Crippen molar-refractivity contribution in [3.05, 3.63) is 11.6 Å². The normalized spacial score (nSPS) is 15.1. The molecule has 0 saturated heterocycles. The van der Waals surface area contributed by atoms with Crippen LogP contribution in [0.2, 0.25) is 0 Å². The monoisotopic (exact) mass is 393 g/mol. The number of hydrogen-bond acceptors (Lipinski definition) is 5. The maximum Gasteiger partial charge on any atom is 0.407 e. The van der Waals surface area contributed by atoms with Gasteiger partial charge in [-0.1, -0.05) is 19.8 Å². The molecule has 1 amide bonds. The number of fused-ring (bicyclic) bond motifs is 1. The van der Waals surface area contributed by atoms with Gasteiger partial charge in [0.15, 0.2) is 11.8 Å². The third-order valence-electron chi connectivity index (χ3n) is 4.46. The number of ether oxygens (including phenoxy) is 1. The number of carbonyl (C=O) groups is 1. The van der Waals surface area contributed by atoms with Gasteiger partial charge in [0.1, 0.15) is 11.4 Å². The van der Waals surface area contributed by atoms with Crippen LogP contribution in [0.5, 0.6) is 0 Å². The van der Waals surface area contributed by atoms with Gasteiger partial charge in [0.2, 0.25) is 0 Å². The molecule has 0 aliphatic carbocycles. The molecule has 1 unspecified atom stereocenters. The quantitative estimate of drug-likeness (QED) is 0.461. The lowest BCUT2D eigenvalue weighted by Crippen LogP contribution is -2.49. The number of amides is 1. The average molecular weight is 394 g/mol. The lowest BCUT2D eigenvalue weighted by Gasteiger charge is -2.24. The molecule has 9 nitrogen and oxygen atoms in total. The van der Waals surface area contributed by atoms with Gasteiger partial charge in [-0.3, -0.25) is 4.99 Å². The van der Waals surface area contributed by atoms with Crippen LogP contribution in [0.25, 0.3) is 0 Å². The van der Waals surface area contributed by atoms with E-state index in [1.807, 2.05) is 20.8 Å². The summed E-state index contributed by atoms with van der Waals surface area (Å²) in [5.41, 5.74) is -0.507. The summed E-state index contributed by atoms with van der Waals surface area (Å²) >= 11 is 0. The molecule has 1 aliphatic rings. The largest absolute Gasteiger partial charge is 0.444 e. The fraction of sp³-hybridized carbons (Fsp3) is 0.789. The number of unbranched alkanes of at least 4 members (excludes halogenated alkanes) is 1. The van der Waals surface area contributed by atoms with Crippen molar-refractivity contribution in [1.29, 1.82) is 0 Å². The van der Waals surface area contributed by atoms with Crippen molar-refractivity contribution in [2.24, 2.45) is 4.99 Å². The topological polar surface area (TPSA) is 105 Å². The summed E-state index contributed by atoms with van der Waals surface area (Å²) in [6.07, 6.45) is 4.78. The number of alkyl carbamates (subject to hydrolysis) is 1. The summed E-state index contributed by atoms with van der Waals surface area (Å²) in [6.45, 7) is 9.72. The summed E-state index contributed by atoms with van der Waals surface area (Å²) in [5, 5.41) is 18.0. The summed E-state index contributed by atoms with van der Waals surface area (Å²) in [7, 11) is 1.74. The second-order valence-electron chi connectivity index (χ2n) is 8.08. The number of nitrogens with one attached hydrogen (secondary N) is 3. The third-order valence-corrected chi connectivity index (χ3v) is 4.46. The first-order valence-corrected chi connectivity index (χ1v) is 10.2. The van der Waals surface area contributed by atoms with E-state index in [0.717, 1.165) is 50.3 Å². The van der Waals surface area contributed by atoms with E-state index in [0.29, 0.717) is 19.0 Å². The van der Waals surface area contributed by atoms with E-state index in [-0.39, 0.29) is 6.04 Å². The summed E-state index contributed by atoms with van der Waals surface area (Å²) in [5.74, 6) is 2.66. The Balaban J connectivity index is 1.86. The maximum atomic E-state index is 12.0. The van der Waals surface area contributed by atoms with E-state index in [4.69, 9.17) is 4.74 Å². The van der Waals surface area contributed by atoms with Crippen molar-refractivity contribution in [3.8, 4) is 0 Å². The molecule has 1 aromatic rings. The summed E-state index contributed by atoms with van der Waals surface area (Å²) in [4.78, 5) is 16.3. The Kier molecular flexibility index (Phi) is 8.07. The average Bonchev–Trinajstić information content (AvgIpc) is 3.23. The van der Waals surface area contributed by atoms with Gasteiger partial charge in [-0.25, -0.2) is 4.79 Å². The highest BCUT2D eigenvalue weighted by molar-refractivity contribution is 5.80. The molecule has 158 valence electrons. The van der Waals surface area contributed by atoms with Crippen molar-refractivity contribution in [3.63, 3.8) is 0 Å². The van der Waals surface area contributed by atoms with Gasteiger partial charge in [-0.2, -0.15) is 0 Å². The molecule has 0 saturated carbocycles. The minimum absolute atomic E-state index is 0.0581. The van der Waals surface area contributed by atoms with E-state index in [1.54, 1.807) is 7.05 Å². The fourth-order valence-electron chi connectivity index (χ4n) is 3.09. The Morgan fingerprint density at radius 3 is 2.79 bits per heavy atom. The number of aryl methyl sites for hydroxylation is 1. The zero-order chi connectivity index (χ0) is 20.6. The van der Waals surface area contributed by atoms with Crippen molar-refractivity contribution in [2.75, 3.05) is 13.6 Å². The molecule has 0 bridgehead atoms. The first-order valence-electron chi connectivity index (χ1n) is 10.2. The molecular formula is C19H35N7O2. The number of carbonyl (C=O) groups excluding carboxylic acids is 1. The van der Waals surface area contributed by atoms with Gasteiger partial charge >= 0.3 is 6.09 Å². The second kappa shape index (κ2) is 10.3. The SMILES string of the molecule is CCCCC(CNC(=O)OC(C)(C)C)NC(=NC)NCc1nnc2n1CCC2. The molecular weight excluding hydrogens is 358 g/mol. The third kappa shape index (κ3) is 7.01. The van der Waals surface area contributed by atoms with Gasteiger partial charge in [-0.05, 0) is 33.6 Å². The smallest absolute Gasteiger partial charge is 0.407 e. The standard InChI is InChI=1S/C19H35N7O2/c1-6-7-9-14(12-22-18(27)28-19(2,3)4)23-17(20-5)21-13-16-25-24-15-10-8-11-26(15)16/h14H,6-13H2,1-5H3,(H,22,27)(H2,20,21,23). The zero-order valence-corrected chi connectivity index (χ0v) is 17.8. The molecule has 1 aliphatic heterocycles. The molecule has 2 heterocycles. The Bertz CT molecular complexity index is 664. The molecule has 3 N–H and O–H groups in total. The zero-order valence-electron chi connectivity index (χ0n) is 17.8. The highest BCUT2D eigenvalue weighted by atomic mass is 16.6. The van der Waals surface area contributed by atoms with Crippen LogP contribution in [0.15, 0.2) is 4.99 Å². The molecule has 0 fully saturated rings. The van der Waals surface area contributed by atoms with E-state index in [2.05, 4.69) is 42.6 Å². The second-order valence-corrected chi connectivity index (χ2v) is 8.08. The number of guanidine groups is 1. The molecule has 0 aromatic carbocycles. The lowest BCUT2D eigenvalue weighted by atomic mass is 10.1. The number of hydrogen-bond donors (Lipinski definition) is 3. The summed E-state index contributed by atoms with van der Waals surface area (Å²) < 4.78 is 7.49. The molecule has 1 atom stereocenters. The van der Waals surface area contributed by atoms with Crippen LogP contribution in [0.3, 0.4) is 0 Å². The predicted octanol–water partition coefficient (Wildman–Crippen LogP) is 1.97. The number of nitrogens with zero attached hydrogens (tertiary/aromatic N) is 4.